The molecule has 2 aromatic carbocycles. The fourth-order valence-electron chi connectivity index (χ4n) is 2.72. The fourth-order valence-corrected chi connectivity index (χ4v) is 2.72. The molecule has 158 valence electrons. The lowest BCUT2D eigenvalue weighted by Crippen LogP contribution is -2.47. The number of aryl methyl sites for hydroxylation is 1. The van der Waals surface area contributed by atoms with Gasteiger partial charge in [0.2, 0.25) is 5.91 Å². The molecule has 30 heavy (non-hydrogen) atoms. The van der Waals surface area contributed by atoms with E-state index in [0.29, 0.717) is 17.9 Å². The molecule has 0 saturated heterocycles. The van der Waals surface area contributed by atoms with Gasteiger partial charge in [0.1, 0.15) is 6.04 Å². The van der Waals surface area contributed by atoms with Crippen LogP contribution in [0.3, 0.4) is 0 Å². The molecular weight excluding hydrogens is 380 g/mol. The zero-order chi connectivity index (χ0) is 22.1. The van der Waals surface area contributed by atoms with Crippen molar-refractivity contribution in [3.05, 3.63) is 71.3 Å². The predicted molar refractivity (Wildman–Crippen MR) is 118 cm³/mol. The van der Waals surface area contributed by atoms with E-state index < -0.39 is 12.0 Å². The molecular formula is C24H28N2O4. The van der Waals surface area contributed by atoms with E-state index in [4.69, 9.17) is 4.74 Å². The maximum absolute atomic E-state index is 12.7. The standard InChI is InChI=1S/C24H28N2O4/c1-5-30-21(27)15-10-18-8-13-20(14-9-18)25-24(29)22(16(2)3)26-23(28)19-11-6-17(4)7-12-19/h6-16,22H,5H2,1-4H3,(H,25,29)(H,26,28)/b15-10+/t22-/m0/s1. The molecule has 0 heterocycles. The van der Waals surface area contributed by atoms with E-state index in [1.165, 1.54) is 6.08 Å². The number of carbonyl (C=O) groups is 3. The van der Waals surface area contributed by atoms with E-state index in [2.05, 4.69) is 10.6 Å². The van der Waals surface area contributed by atoms with Gasteiger partial charge in [-0.2, -0.15) is 0 Å². The van der Waals surface area contributed by atoms with Crippen molar-refractivity contribution >= 4 is 29.5 Å². The molecule has 0 fully saturated rings. The molecule has 2 aromatic rings. The van der Waals surface area contributed by atoms with Crippen LogP contribution in [0.4, 0.5) is 5.69 Å². The minimum Gasteiger partial charge on any atom is -0.463 e. The van der Waals surface area contributed by atoms with Gasteiger partial charge >= 0.3 is 5.97 Å². The first kappa shape index (κ1) is 22.9. The number of benzene rings is 2. The monoisotopic (exact) mass is 408 g/mol. The fraction of sp³-hybridized carbons (Fsp3) is 0.292. The smallest absolute Gasteiger partial charge is 0.330 e. The Kier molecular flexibility index (Phi) is 8.35. The number of rotatable bonds is 8. The number of nitrogens with one attached hydrogen (secondary N) is 2. The highest BCUT2D eigenvalue weighted by Crippen LogP contribution is 2.14. The lowest BCUT2D eigenvalue weighted by molar-refractivity contribution is -0.137. The molecule has 1 atom stereocenters. The van der Waals surface area contributed by atoms with E-state index in [9.17, 15) is 14.4 Å². The molecule has 2 N–H and O–H groups in total. The third-order valence-corrected chi connectivity index (χ3v) is 4.43. The molecule has 0 aliphatic heterocycles. The van der Waals surface area contributed by atoms with E-state index in [1.54, 1.807) is 49.4 Å². The van der Waals surface area contributed by atoms with E-state index in [0.717, 1.165) is 11.1 Å². The van der Waals surface area contributed by atoms with Crippen LogP contribution in [0.25, 0.3) is 6.08 Å². The van der Waals surface area contributed by atoms with Gasteiger partial charge in [0, 0.05) is 17.3 Å². The van der Waals surface area contributed by atoms with Gasteiger partial charge in [-0.25, -0.2) is 4.79 Å². The number of carbonyl (C=O) groups excluding carboxylic acids is 3. The van der Waals surface area contributed by atoms with Crippen LogP contribution in [-0.2, 0) is 14.3 Å². The van der Waals surface area contributed by atoms with Gasteiger partial charge in [-0.3, -0.25) is 9.59 Å². The second kappa shape index (κ2) is 11.0. The van der Waals surface area contributed by atoms with Gasteiger partial charge in [-0.05, 0) is 55.7 Å². The first-order valence-corrected chi connectivity index (χ1v) is 9.93. The molecule has 2 amide bonds. The van der Waals surface area contributed by atoms with Crippen LogP contribution in [-0.4, -0.2) is 30.4 Å². The van der Waals surface area contributed by atoms with Crippen molar-refractivity contribution in [1.29, 1.82) is 0 Å². The number of anilines is 1. The summed E-state index contributed by atoms with van der Waals surface area (Å²) in [6, 6.07) is 13.5. The number of hydrogen-bond acceptors (Lipinski definition) is 4. The number of esters is 1. The van der Waals surface area contributed by atoms with E-state index in [-0.39, 0.29) is 17.7 Å². The largest absolute Gasteiger partial charge is 0.463 e. The van der Waals surface area contributed by atoms with Gasteiger partial charge in [-0.15, -0.1) is 0 Å². The highest BCUT2D eigenvalue weighted by atomic mass is 16.5. The summed E-state index contributed by atoms with van der Waals surface area (Å²) in [7, 11) is 0. The van der Waals surface area contributed by atoms with Crippen LogP contribution in [0.5, 0.6) is 0 Å². The molecule has 0 unspecified atom stereocenters. The van der Waals surface area contributed by atoms with Gasteiger partial charge < -0.3 is 15.4 Å². The van der Waals surface area contributed by atoms with Crippen molar-refractivity contribution in [2.75, 3.05) is 11.9 Å². The van der Waals surface area contributed by atoms with Crippen molar-refractivity contribution in [3.63, 3.8) is 0 Å². The molecule has 0 bridgehead atoms. The average Bonchev–Trinajstić information content (AvgIpc) is 2.71. The first-order chi connectivity index (χ1) is 14.3. The Morgan fingerprint density at radius 2 is 1.63 bits per heavy atom. The molecule has 0 spiro atoms. The van der Waals surface area contributed by atoms with Crippen molar-refractivity contribution in [3.8, 4) is 0 Å². The maximum Gasteiger partial charge on any atom is 0.330 e. The molecule has 0 aliphatic carbocycles. The Bertz CT molecular complexity index is 900. The number of hydrogen-bond donors (Lipinski definition) is 2. The minimum atomic E-state index is -0.679. The predicted octanol–water partition coefficient (Wildman–Crippen LogP) is 3.96. The van der Waals surface area contributed by atoms with Gasteiger partial charge in [0.15, 0.2) is 0 Å². The first-order valence-electron chi connectivity index (χ1n) is 9.93. The lowest BCUT2D eigenvalue weighted by atomic mass is 10.0. The van der Waals surface area contributed by atoms with Crippen molar-refractivity contribution in [2.45, 2.75) is 33.7 Å². The summed E-state index contributed by atoms with van der Waals surface area (Å²) < 4.78 is 4.84. The molecule has 0 aliphatic rings. The van der Waals surface area contributed by atoms with Crippen LogP contribution in [0.2, 0.25) is 0 Å². The summed E-state index contributed by atoms with van der Waals surface area (Å²) in [5.74, 6) is -1.08. The molecule has 0 aromatic heterocycles. The van der Waals surface area contributed by atoms with E-state index in [1.807, 2.05) is 32.9 Å². The minimum absolute atomic E-state index is 0.0915. The summed E-state index contributed by atoms with van der Waals surface area (Å²) in [5.41, 5.74) is 2.97. The third kappa shape index (κ3) is 6.88. The van der Waals surface area contributed by atoms with Crippen LogP contribution in [0.15, 0.2) is 54.6 Å². The highest BCUT2D eigenvalue weighted by molar-refractivity contribution is 6.01. The normalized spacial score (nSPS) is 11.9. The summed E-state index contributed by atoms with van der Waals surface area (Å²) in [5, 5.41) is 5.65. The molecule has 2 rings (SSSR count). The van der Waals surface area contributed by atoms with Gasteiger partial charge in [-0.1, -0.05) is 43.7 Å². The number of ether oxygens (including phenoxy) is 1. The third-order valence-electron chi connectivity index (χ3n) is 4.43. The zero-order valence-corrected chi connectivity index (χ0v) is 17.8. The van der Waals surface area contributed by atoms with Crippen LogP contribution in [0.1, 0.15) is 42.3 Å². The average molecular weight is 408 g/mol. The van der Waals surface area contributed by atoms with Crippen molar-refractivity contribution in [1.82, 2.24) is 5.32 Å². The Morgan fingerprint density at radius 1 is 1.00 bits per heavy atom. The second-order valence-electron chi connectivity index (χ2n) is 7.26. The molecule has 6 nitrogen and oxygen atoms in total. The topological polar surface area (TPSA) is 84.5 Å². The Hall–Kier alpha value is -3.41. The van der Waals surface area contributed by atoms with E-state index >= 15 is 0 Å². The SMILES string of the molecule is CCOC(=O)/C=C/c1ccc(NC(=O)[C@@H](NC(=O)c2ccc(C)cc2)C(C)C)cc1. The van der Waals surface area contributed by atoms with Gasteiger partial charge in [0.05, 0.1) is 6.61 Å². The van der Waals surface area contributed by atoms with Crippen LogP contribution in [0, 0.1) is 12.8 Å². The van der Waals surface area contributed by atoms with Crippen LogP contribution < -0.4 is 10.6 Å². The number of amides is 2. The highest BCUT2D eigenvalue weighted by Gasteiger charge is 2.24. The lowest BCUT2D eigenvalue weighted by Gasteiger charge is -2.22. The Morgan fingerprint density at radius 3 is 2.20 bits per heavy atom. The Balaban J connectivity index is 2.01. The van der Waals surface area contributed by atoms with Crippen molar-refractivity contribution in [2.24, 2.45) is 5.92 Å². The summed E-state index contributed by atoms with van der Waals surface area (Å²) in [6.45, 7) is 7.78. The Labute approximate surface area is 177 Å². The zero-order valence-electron chi connectivity index (χ0n) is 17.8. The second-order valence-corrected chi connectivity index (χ2v) is 7.26. The van der Waals surface area contributed by atoms with Crippen molar-refractivity contribution < 1.29 is 19.1 Å². The summed E-state index contributed by atoms with van der Waals surface area (Å²) in [4.78, 5) is 36.6. The summed E-state index contributed by atoms with van der Waals surface area (Å²) in [6.07, 6.45) is 2.99. The van der Waals surface area contributed by atoms with Crippen LogP contribution >= 0.6 is 0 Å². The molecule has 0 radical (unpaired) electrons. The summed E-state index contributed by atoms with van der Waals surface area (Å²) >= 11 is 0. The van der Waals surface area contributed by atoms with Gasteiger partial charge in [0.25, 0.3) is 5.91 Å². The quantitative estimate of drug-likeness (QED) is 0.511. The molecule has 6 heteroatoms. The maximum atomic E-state index is 12.7. The molecule has 0 saturated carbocycles.